The third kappa shape index (κ3) is 5.10. The number of imidazole rings is 1. The first-order valence-electron chi connectivity index (χ1n) is 10.4. The van der Waals surface area contributed by atoms with Crippen molar-refractivity contribution in [2.45, 2.75) is 32.4 Å². The number of H-pyrrole nitrogens is 1. The second-order valence-corrected chi connectivity index (χ2v) is 7.52. The Hall–Kier alpha value is -3.06. The molecule has 1 aromatic heterocycles. The van der Waals surface area contributed by atoms with Crippen LogP contribution in [0.3, 0.4) is 0 Å². The Bertz CT molecular complexity index is 975. The molecule has 0 radical (unpaired) electrons. The number of guanidine groups is 1. The molecule has 1 saturated heterocycles. The number of nitrogens with zero attached hydrogens (tertiary/aromatic N) is 2. The SMILES string of the molecule is CN=C(NCCc1nc2ccccc2[nH]1)NCc1ccc(C)cc1OC1CCOC1. The number of aromatic nitrogens is 2. The van der Waals surface area contributed by atoms with E-state index >= 15 is 0 Å². The Labute approximate surface area is 176 Å². The van der Waals surface area contributed by atoms with E-state index in [1.165, 1.54) is 5.56 Å². The summed E-state index contributed by atoms with van der Waals surface area (Å²) in [6, 6.07) is 14.4. The van der Waals surface area contributed by atoms with Crippen LogP contribution in [0, 0.1) is 6.92 Å². The summed E-state index contributed by atoms with van der Waals surface area (Å²) in [5.41, 5.74) is 4.35. The molecule has 7 nitrogen and oxygen atoms in total. The summed E-state index contributed by atoms with van der Waals surface area (Å²) in [7, 11) is 1.78. The highest BCUT2D eigenvalue weighted by atomic mass is 16.5. The number of para-hydroxylation sites is 2. The fraction of sp³-hybridized carbons (Fsp3) is 0.391. The normalized spacial score (nSPS) is 16.7. The number of hydrogen-bond acceptors (Lipinski definition) is 4. The minimum absolute atomic E-state index is 0.131. The maximum Gasteiger partial charge on any atom is 0.191 e. The molecule has 1 aliphatic rings. The van der Waals surface area contributed by atoms with Gasteiger partial charge in [0.25, 0.3) is 0 Å². The summed E-state index contributed by atoms with van der Waals surface area (Å²) < 4.78 is 11.6. The molecule has 0 amide bonds. The van der Waals surface area contributed by atoms with E-state index in [1.807, 2.05) is 24.3 Å². The Morgan fingerprint density at radius 1 is 1.27 bits per heavy atom. The average Bonchev–Trinajstić information content (AvgIpc) is 3.41. The third-order valence-electron chi connectivity index (χ3n) is 5.17. The van der Waals surface area contributed by atoms with Gasteiger partial charge in [-0.15, -0.1) is 0 Å². The number of aromatic amines is 1. The molecule has 3 N–H and O–H groups in total. The third-order valence-corrected chi connectivity index (χ3v) is 5.17. The number of nitrogens with one attached hydrogen (secondary N) is 3. The number of aryl methyl sites for hydroxylation is 1. The van der Waals surface area contributed by atoms with Crippen molar-refractivity contribution in [3.63, 3.8) is 0 Å². The van der Waals surface area contributed by atoms with Crippen LogP contribution in [0.5, 0.6) is 5.75 Å². The van der Waals surface area contributed by atoms with E-state index in [-0.39, 0.29) is 6.10 Å². The van der Waals surface area contributed by atoms with Gasteiger partial charge in [0.15, 0.2) is 5.96 Å². The lowest BCUT2D eigenvalue weighted by atomic mass is 10.1. The molecule has 30 heavy (non-hydrogen) atoms. The van der Waals surface area contributed by atoms with E-state index in [1.54, 1.807) is 7.05 Å². The Balaban J connectivity index is 1.30. The Morgan fingerprint density at radius 3 is 2.97 bits per heavy atom. The predicted molar refractivity (Wildman–Crippen MR) is 119 cm³/mol. The molecule has 0 spiro atoms. The van der Waals surface area contributed by atoms with Crippen LogP contribution < -0.4 is 15.4 Å². The van der Waals surface area contributed by atoms with Gasteiger partial charge < -0.3 is 25.1 Å². The number of hydrogen-bond donors (Lipinski definition) is 3. The monoisotopic (exact) mass is 407 g/mol. The van der Waals surface area contributed by atoms with Crippen LogP contribution in [0.1, 0.15) is 23.4 Å². The molecule has 2 heterocycles. The van der Waals surface area contributed by atoms with Crippen molar-refractivity contribution in [1.29, 1.82) is 0 Å². The smallest absolute Gasteiger partial charge is 0.191 e. The highest BCUT2D eigenvalue weighted by molar-refractivity contribution is 5.79. The molecule has 1 aliphatic heterocycles. The molecule has 1 atom stereocenters. The van der Waals surface area contributed by atoms with Gasteiger partial charge in [-0.3, -0.25) is 4.99 Å². The Kier molecular flexibility index (Phi) is 6.49. The zero-order chi connectivity index (χ0) is 20.8. The molecule has 0 aliphatic carbocycles. The predicted octanol–water partition coefficient (Wildman–Crippen LogP) is 2.95. The minimum Gasteiger partial charge on any atom is -0.488 e. The van der Waals surface area contributed by atoms with E-state index in [2.05, 4.69) is 50.7 Å². The lowest BCUT2D eigenvalue weighted by Crippen LogP contribution is -2.38. The average molecular weight is 408 g/mol. The van der Waals surface area contributed by atoms with Crippen LogP contribution in [0.15, 0.2) is 47.5 Å². The van der Waals surface area contributed by atoms with E-state index in [4.69, 9.17) is 9.47 Å². The highest BCUT2D eigenvalue weighted by Crippen LogP contribution is 2.23. The number of ether oxygens (including phenoxy) is 2. The zero-order valence-corrected chi connectivity index (χ0v) is 17.6. The topological polar surface area (TPSA) is 83.6 Å². The van der Waals surface area contributed by atoms with Crippen molar-refractivity contribution in [3.05, 3.63) is 59.4 Å². The minimum atomic E-state index is 0.131. The standard InChI is InChI=1S/C23H29N5O2/c1-16-7-8-17(21(13-16)30-18-10-12-29-15-18)14-26-23(24-2)25-11-9-22-27-19-5-3-4-6-20(19)28-22/h3-8,13,18H,9-12,14-15H2,1-2H3,(H,27,28)(H2,24,25,26). The molecular formula is C23H29N5O2. The van der Waals surface area contributed by atoms with Gasteiger partial charge in [-0.1, -0.05) is 24.3 Å². The van der Waals surface area contributed by atoms with Crippen molar-refractivity contribution in [2.75, 3.05) is 26.8 Å². The molecule has 0 bridgehead atoms. The first kappa shape index (κ1) is 20.2. The number of fused-ring (bicyclic) bond motifs is 1. The number of aliphatic imine (C=N–C) groups is 1. The largest absolute Gasteiger partial charge is 0.488 e. The van der Waals surface area contributed by atoms with Crippen LogP contribution in [0.2, 0.25) is 0 Å². The van der Waals surface area contributed by atoms with Crippen LogP contribution in [-0.4, -0.2) is 48.8 Å². The van der Waals surface area contributed by atoms with Gasteiger partial charge in [-0.2, -0.15) is 0 Å². The zero-order valence-electron chi connectivity index (χ0n) is 17.6. The van der Waals surface area contributed by atoms with Crippen LogP contribution >= 0.6 is 0 Å². The van der Waals surface area contributed by atoms with Crippen molar-refractivity contribution in [3.8, 4) is 5.75 Å². The lowest BCUT2D eigenvalue weighted by Gasteiger charge is -2.18. The van der Waals surface area contributed by atoms with Gasteiger partial charge in [-0.05, 0) is 30.7 Å². The number of rotatable bonds is 7. The first-order valence-corrected chi connectivity index (χ1v) is 10.4. The fourth-order valence-electron chi connectivity index (χ4n) is 3.53. The Morgan fingerprint density at radius 2 is 2.17 bits per heavy atom. The van der Waals surface area contributed by atoms with Gasteiger partial charge in [0.05, 0.1) is 24.2 Å². The highest BCUT2D eigenvalue weighted by Gasteiger charge is 2.18. The van der Waals surface area contributed by atoms with E-state index in [0.717, 1.165) is 60.1 Å². The van der Waals surface area contributed by atoms with Crippen molar-refractivity contribution < 1.29 is 9.47 Å². The quantitative estimate of drug-likeness (QED) is 0.414. The maximum absolute atomic E-state index is 6.18. The van der Waals surface area contributed by atoms with E-state index in [0.29, 0.717) is 13.2 Å². The van der Waals surface area contributed by atoms with Gasteiger partial charge in [0.2, 0.25) is 0 Å². The fourth-order valence-corrected chi connectivity index (χ4v) is 3.53. The van der Waals surface area contributed by atoms with Crippen LogP contribution in [-0.2, 0) is 17.7 Å². The van der Waals surface area contributed by atoms with Crippen LogP contribution in [0.25, 0.3) is 11.0 Å². The summed E-state index contributed by atoms with van der Waals surface area (Å²) >= 11 is 0. The first-order chi connectivity index (χ1) is 14.7. The van der Waals surface area contributed by atoms with Crippen molar-refractivity contribution >= 4 is 17.0 Å². The molecule has 1 unspecified atom stereocenters. The summed E-state index contributed by atoms with van der Waals surface area (Å²) in [5, 5.41) is 6.73. The van der Waals surface area contributed by atoms with E-state index in [9.17, 15) is 0 Å². The molecule has 0 saturated carbocycles. The van der Waals surface area contributed by atoms with Gasteiger partial charge in [0, 0.05) is 38.5 Å². The van der Waals surface area contributed by atoms with Gasteiger partial charge >= 0.3 is 0 Å². The summed E-state index contributed by atoms with van der Waals surface area (Å²) in [6.45, 7) is 4.87. The van der Waals surface area contributed by atoms with Crippen molar-refractivity contribution in [2.24, 2.45) is 4.99 Å². The molecular weight excluding hydrogens is 378 g/mol. The maximum atomic E-state index is 6.18. The molecule has 3 aromatic rings. The molecule has 158 valence electrons. The second-order valence-electron chi connectivity index (χ2n) is 7.52. The van der Waals surface area contributed by atoms with Gasteiger partial charge in [-0.25, -0.2) is 4.98 Å². The molecule has 1 fully saturated rings. The number of benzene rings is 2. The summed E-state index contributed by atoms with van der Waals surface area (Å²) in [5.74, 6) is 2.63. The summed E-state index contributed by atoms with van der Waals surface area (Å²) in [6.07, 6.45) is 1.86. The lowest BCUT2D eigenvalue weighted by molar-refractivity contribution is 0.140. The second kappa shape index (κ2) is 9.63. The van der Waals surface area contributed by atoms with Gasteiger partial charge in [0.1, 0.15) is 17.7 Å². The molecule has 2 aromatic carbocycles. The van der Waals surface area contributed by atoms with E-state index < -0.39 is 0 Å². The molecule has 4 rings (SSSR count). The van der Waals surface area contributed by atoms with Crippen molar-refractivity contribution in [1.82, 2.24) is 20.6 Å². The molecule has 7 heteroatoms. The summed E-state index contributed by atoms with van der Waals surface area (Å²) in [4.78, 5) is 12.3. The van der Waals surface area contributed by atoms with Crippen LogP contribution in [0.4, 0.5) is 0 Å².